The van der Waals surface area contributed by atoms with Crippen LogP contribution in [0.3, 0.4) is 0 Å². The number of nitrogens with one attached hydrogen (secondary N) is 1. The number of hydrogen-bond acceptors (Lipinski definition) is 9. The van der Waals surface area contributed by atoms with Gasteiger partial charge in [0.25, 0.3) is 11.8 Å². The summed E-state index contributed by atoms with van der Waals surface area (Å²) in [7, 11) is 3.19. The molecule has 5 aromatic carbocycles. The summed E-state index contributed by atoms with van der Waals surface area (Å²) < 4.78 is 30.6. The number of carbonyl (C=O) groups excluding carboxylic acids is 4. The largest absolute Gasteiger partial charge is 0.497 e. The van der Waals surface area contributed by atoms with Crippen molar-refractivity contribution in [2.75, 3.05) is 37.8 Å². The molecule has 4 amide bonds. The second kappa shape index (κ2) is 16.8. The maximum atomic E-state index is 15.4. The number of imide groups is 2. The van der Waals surface area contributed by atoms with Gasteiger partial charge in [-0.2, -0.15) is 5.01 Å². The van der Waals surface area contributed by atoms with Gasteiger partial charge in [0, 0.05) is 16.5 Å². The maximum absolute atomic E-state index is 15.4. The lowest BCUT2D eigenvalue weighted by atomic mass is 9.49. The fraction of sp³-hybridized carbons (Fsp3) is 0.240. The smallest absolute Gasteiger partial charge is 0.260 e. The van der Waals surface area contributed by atoms with E-state index in [1.807, 2.05) is 60.7 Å². The van der Waals surface area contributed by atoms with Gasteiger partial charge in [-0.3, -0.25) is 29.5 Å². The van der Waals surface area contributed by atoms with Crippen LogP contribution in [-0.2, 0) is 24.6 Å². The van der Waals surface area contributed by atoms with E-state index in [9.17, 15) is 23.9 Å². The van der Waals surface area contributed by atoms with Gasteiger partial charge in [-0.15, -0.1) is 0 Å². The number of fused-ring (bicyclic) bond motifs is 4. The van der Waals surface area contributed by atoms with Gasteiger partial charge in [0.05, 0.1) is 55.4 Å². The number of aliphatic hydroxyl groups is 1. The van der Waals surface area contributed by atoms with Crippen molar-refractivity contribution in [3.8, 4) is 17.2 Å². The van der Waals surface area contributed by atoms with Crippen LogP contribution in [0, 0.1) is 29.5 Å². The van der Waals surface area contributed by atoms with Crippen molar-refractivity contribution in [3.05, 3.63) is 160 Å². The topological polar surface area (TPSA) is 135 Å². The molecule has 63 heavy (non-hydrogen) atoms. The molecule has 0 aromatic heterocycles. The summed E-state index contributed by atoms with van der Waals surface area (Å²) in [5.74, 6) is -4.22. The Morgan fingerprint density at radius 2 is 1.52 bits per heavy atom. The van der Waals surface area contributed by atoms with E-state index in [1.54, 1.807) is 62.8 Å². The molecule has 1 saturated carbocycles. The lowest BCUT2D eigenvalue weighted by Gasteiger charge is -2.50. The van der Waals surface area contributed by atoms with Crippen LogP contribution in [0.5, 0.6) is 17.2 Å². The molecule has 9 rings (SSSR count). The number of carbonyl (C=O) groups is 4. The number of allylic oxidation sites excluding steroid dienone is 2. The number of rotatable bonds is 12. The van der Waals surface area contributed by atoms with Crippen LogP contribution in [0.1, 0.15) is 41.0 Å². The summed E-state index contributed by atoms with van der Waals surface area (Å²) in [6, 6.07) is 32.1. The van der Waals surface area contributed by atoms with E-state index in [0.717, 1.165) is 21.7 Å². The summed E-state index contributed by atoms with van der Waals surface area (Å²) in [6.07, 6.45) is 6.13. The number of halogens is 2. The van der Waals surface area contributed by atoms with Gasteiger partial charge >= 0.3 is 0 Å². The van der Waals surface area contributed by atoms with E-state index in [1.165, 1.54) is 29.2 Å². The van der Waals surface area contributed by atoms with Gasteiger partial charge in [-0.25, -0.2) is 4.39 Å². The molecule has 2 N–H and O–H groups in total. The molecule has 5 aromatic rings. The molecule has 0 spiro atoms. The number of ether oxygens (including phenoxy) is 3. The van der Waals surface area contributed by atoms with E-state index in [4.69, 9.17) is 25.8 Å². The highest BCUT2D eigenvalue weighted by molar-refractivity contribution is 6.30. The minimum atomic E-state index is -1.53. The van der Waals surface area contributed by atoms with Crippen molar-refractivity contribution in [1.82, 2.24) is 5.01 Å². The first-order chi connectivity index (χ1) is 30.6. The standard InChI is InChI=1S/C50H43ClFN3O8/c1-61-38-21-24-43(62-2)31(27-38)6-3-29-4-17-36(18-5-29)54-46(57)40-23-22-39-41(44(40)48(54)59)28-42-47(58)55(53-35-15-13-34(52)14-16-35)49(60)50(42,32-9-11-33(51)12-10-32)45(39)30-7-19-37(20-8-30)63-26-25-56/h3-22,24,27,40-42,44-45,53,56H,23,25-26,28H2,1-2H3/t40-,41+,42-,44-,45-,50+/m0/s1. The fourth-order valence-corrected chi connectivity index (χ4v) is 10.2. The minimum absolute atomic E-state index is 0.0808. The van der Waals surface area contributed by atoms with Gasteiger partial charge in [-0.05, 0) is 114 Å². The monoisotopic (exact) mass is 867 g/mol. The van der Waals surface area contributed by atoms with Crippen molar-refractivity contribution < 1.29 is 42.9 Å². The number of methoxy groups -OCH3 is 2. The highest BCUT2D eigenvalue weighted by Gasteiger charge is 2.70. The third-order valence-corrected chi connectivity index (χ3v) is 13.1. The minimum Gasteiger partial charge on any atom is -0.497 e. The second-order valence-corrected chi connectivity index (χ2v) is 16.5. The summed E-state index contributed by atoms with van der Waals surface area (Å²) in [5, 5.41) is 10.9. The van der Waals surface area contributed by atoms with Crippen molar-refractivity contribution in [2.24, 2.45) is 23.7 Å². The second-order valence-electron chi connectivity index (χ2n) is 16.1. The Morgan fingerprint density at radius 1 is 0.810 bits per heavy atom. The van der Waals surface area contributed by atoms with Crippen LogP contribution < -0.4 is 24.5 Å². The van der Waals surface area contributed by atoms with Gasteiger partial charge in [0.15, 0.2) is 0 Å². The van der Waals surface area contributed by atoms with Crippen molar-refractivity contribution in [3.63, 3.8) is 0 Å². The number of hydrogen-bond donors (Lipinski definition) is 2. The summed E-state index contributed by atoms with van der Waals surface area (Å²) in [5.41, 5.74) is 5.87. The van der Waals surface area contributed by atoms with Crippen molar-refractivity contribution in [2.45, 2.75) is 24.2 Å². The molecular weight excluding hydrogens is 825 g/mol. The van der Waals surface area contributed by atoms with E-state index in [0.29, 0.717) is 44.8 Å². The summed E-state index contributed by atoms with van der Waals surface area (Å²) in [4.78, 5) is 60.9. The Labute approximate surface area is 368 Å². The maximum Gasteiger partial charge on any atom is 0.260 e. The molecule has 2 heterocycles. The third kappa shape index (κ3) is 7.13. The first-order valence-corrected chi connectivity index (χ1v) is 21.0. The average Bonchev–Trinajstić information content (AvgIpc) is 3.69. The zero-order valence-electron chi connectivity index (χ0n) is 34.4. The predicted octanol–water partition coefficient (Wildman–Crippen LogP) is 8.23. The normalized spacial score (nSPS) is 24.0. The van der Waals surface area contributed by atoms with Crippen LogP contribution in [0.15, 0.2) is 127 Å². The number of aliphatic hydroxyl groups excluding tert-OH is 1. The lowest BCUT2D eigenvalue weighted by molar-refractivity contribution is -0.138. The quantitative estimate of drug-likeness (QED) is 0.0723. The molecule has 2 aliphatic heterocycles. The first kappa shape index (κ1) is 41.6. The molecule has 11 nitrogen and oxygen atoms in total. The van der Waals surface area contributed by atoms with Crippen molar-refractivity contribution in [1.29, 1.82) is 0 Å². The van der Waals surface area contributed by atoms with E-state index >= 15 is 4.79 Å². The van der Waals surface area contributed by atoms with E-state index in [2.05, 4.69) is 5.43 Å². The van der Waals surface area contributed by atoms with Crippen LogP contribution in [0.2, 0.25) is 5.02 Å². The highest BCUT2D eigenvalue weighted by atomic mass is 35.5. The number of anilines is 2. The Kier molecular flexibility index (Phi) is 11.1. The Bertz CT molecular complexity index is 2650. The van der Waals surface area contributed by atoms with Gasteiger partial charge in [-0.1, -0.05) is 71.8 Å². The summed E-state index contributed by atoms with van der Waals surface area (Å²) in [6.45, 7) is -0.0985. The molecule has 0 radical (unpaired) electrons. The molecule has 4 aliphatic rings. The third-order valence-electron chi connectivity index (χ3n) is 12.9. The van der Waals surface area contributed by atoms with E-state index < -0.39 is 52.6 Å². The Morgan fingerprint density at radius 3 is 2.21 bits per heavy atom. The van der Waals surface area contributed by atoms with Crippen LogP contribution in [0.25, 0.3) is 12.2 Å². The van der Waals surface area contributed by atoms with Crippen LogP contribution in [0.4, 0.5) is 15.8 Å². The molecule has 2 aliphatic carbocycles. The van der Waals surface area contributed by atoms with E-state index in [-0.39, 0.29) is 37.9 Å². The Hall–Kier alpha value is -6.76. The fourth-order valence-electron chi connectivity index (χ4n) is 10.1. The molecule has 0 bridgehead atoms. The van der Waals surface area contributed by atoms with Crippen molar-refractivity contribution >= 4 is 58.8 Å². The van der Waals surface area contributed by atoms with Crippen LogP contribution in [-0.4, -0.2) is 61.2 Å². The Balaban J connectivity index is 1.10. The molecule has 3 fully saturated rings. The zero-order valence-corrected chi connectivity index (χ0v) is 35.1. The lowest BCUT2D eigenvalue weighted by Crippen LogP contribution is -2.53. The van der Waals surface area contributed by atoms with Gasteiger partial charge < -0.3 is 19.3 Å². The molecule has 0 unspecified atom stereocenters. The molecule has 320 valence electrons. The predicted molar refractivity (Wildman–Crippen MR) is 235 cm³/mol. The number of benzene rings is 5. The zero-order chi connectivity index (χ0) is 44.0. The average molecular weight is 868 g/mol. The van der Waals surface area contributed by atoms with Crippen LogP contribution >= 0.6 is 11.6 Å². The molecular formula is C50H43ClFN3O8. The molecule has 6 atom stereocenters. The van der Waals surface area contributed by atoms with Gasteiger partial charge in [0.2, 0.25) is 11.8 Å². The SMILES string of the molecule is COc1ccc(OC)c(C=Cc2ccc(N3C(=O)[C@H]4[C@H](CC=C5[C@H]4C[C@H]4C(=O)N(Nc6ccc(F)cc6)C(=O)[C@@]4(c4ccc(Cl)cc4)[C@H]5c4ccc(OCCO)cc4)C3=O)cc2)c1. The molecule has 13 heteroatoms. The summed E-state index contributed by atoms with van der Waals surface area (Å²) >= 11 is 6.42. The van der Waals surface area contributed by atoms with Gasteiger partial charge in [0.1, 0.15) is 29.7 Å². The highest BCUT2D eigenvalue weighted by Crippen LogP contribution is 2.64. The number of amides is 4. The number of nitrogens with zero attached hydrogens (tertiary/aromatic N) is 2. The number of hydrazine groups is 1. The molecule has 2 saturated heterocycles. The first-order valence-electron chi connectivity index (χ1n) is 20.7.